The van der Waals surface area contributed by atoms with Crippen molar-refractivity contribution >= 4 is 0 Å². The van der Waals surface area contributed by atoms with E-state index in [9.17, 15) is 0 Å². The summed E-state index contributed by atoms with van der Waals surface area (Å²) < 4.78 is 5.12. The van der Waals surface area contributed by atoms with Crippen LogP contribution in [0.1, 0.15) is 20.8 Å². The van der Waals surface area contributed by atoms with E-state index in [4.69, 9.17) is 10.00 Å². The third-order valence-corrected chi connectivity index (χ3v) is 1.50. The maximum Gasteiger partial charge on any atom is 0.179 e. The molecule has 0 aliphatic carbocycles. The van der Waals surface area contributed by atoms with Gasteiger partial charge in [0, 0.05) is 0 Å². The minimum Gasteiger partial charge on any atom is -0.377 e. The van der Waals surface area contributed by atoms with Crippen LogP contribution in [0.2, 0.25) is 0 Å². The molecule has 0 aromatic rings. The van der Waals surface area contributed by atoms with Gasteiger partial charge in [-0.05, 0) is 6.92 Å². The average Bonchev–Trinajstić information content (AvgIpc) is 2.09. The molecular weight excluding hydrogens is 140 g/mol. The minimum atomic E-state index is 0.267. The van der Waals surface area contributed by atoms with Crippen LogP contribution in [0.5, 0.6) is 0 Å². The summed E-state index contributed by atoms with van der Waals surface area (Å²) in [5, 5.41) is 8.48. The van der Waals surface area contributed by atoms with Crippen molar-refractivity contribution in [3.8, 4) is 6.19 Å². The third kappa shape index (κ3) is 3.24. The van der Waals surface area contributed by atoms with Gasteiger partial charge in [-0.3, -0.25) is 0 Å². The van der Waals surface area contributed by atoms with E-state index in [0.717, 1.165) is 6.54 Å². The van der Waals surface area contributed by atoms with Crippen LogP contribution in [0.4, 0.5) is 0 Å². The molecule has 1 saturated heterocycles. The molecule has 0 saturated carbocycles. The molecule has 1 unspecified atom stereocenters. The second-order valence-corrected chi connectivity index (χ2v) is 2.22. The van der Waals surface area contributed by atoms with E-state index in [1.807, 2.05) is 20.8 Å². The number of nitriles is 1. The van der Waals surface area contributed by atoms with Crippen molar-refractivity contribution < 1.29 is 4.74 Å². The zero-order valence-electron chi connectivity index (χ0n) is 7.50. The Morgan fingerprint density at radius 1 is 1.55 bits per heavy atom. The summed E-state index contributed by atoms with van der Waals surface area (Å²) in [6.45, 7) is 8.12. The molecule has 0 aromatic carbocycles. The van der Waals surface area contributed by atoms with E-state index in [0.29, 0.717) is 13.2 Å². The molecule has 64 valence electrons. The molecule has 0 spiro atoms. The second kappa shape index (κ2) is 5.99. The Bertz CT molecular complexity index is 131. The van der Waals surface area contributed by atoms with Crippen LogP contribution >= 0.6 is 0 Å². The predicted molar refractivity (Wildman–Crippen MR) is 43.9 cm³/mol. The van der Waals surface area contributed by atoms with Gasteiger partial charge in [-0.15, -0.1) is 0 Å². The molecule has 1 aliphatic heterocycles. The quantitative estimate of drug-likeness (QED) is 0.495. The van der Waals surface area contributed by atoms with Crippen molar-refractivity contribution in [1.82, 2.24) is 4.90 Å². The molecule has 1 aliphatic rings. The maximum absolute atomic E-state index is 8.48. The topological polar surface area (TPSA) is 36.3 Å². The molecular formula is C8H16N2O. The lowest BCUT2D eigenvalue weighted by Gasteiger charge is -2.27. The number of hydrogen-bond acceptors (Lipinski definition) is 3. The van der Waals surface area contributed by atoms with Crippen molar-refractivity contribution in [1.29, 1.82) is 5.26 Å². The van der Waals surface area contributed by atoms with Gasteiger partial charge in [0.15, 0.2) is 6.19 Å². The number of hydrogen-bond donors (Lipinski definition) is 0. The van der Waals surface area contributed by atoms with E-state index < -0.39 is 0 Å². The van der Waals surface area contributed by atoms with Crippen molar-refractivity contribution in [2.24, 2.45) is 0 Å². The molecule has 11 heavy (non-hydrogen) atoms. The Morgan fingerprint density at radius 2 is 2.18 bits per heavy atom. The van der Waals surface area contributed by atoms with Gasteiger partial charge < -0.3 is 9.64 Å². The first-order valence-electron chi connectivity index (χ1n) is 4.08. The zero-order chi connectivity index (χ0) is 8.69. The highest BCUT2D eigenvalue weighted by Gasteiger charge is 2.15. The maximum atomic E-state index is 8.48. The van der Waals surface area contributed by atoms with E-state index in [1.165, 1.54) is 0 Å². The molecule has 0 radical (unpaired) electrons. The smallest absolute Gasteiger partial charge is 0.179 e. The second-order valence-electron chi connectivity index (χ2n) is 2.22. The lowest BCUT2D eigenvalue weighted by Crippen LogP contribution is -2.40. The van der Waals surface area contributed by atoms with Crippen LogP contribution in [0.25, 0.3) is 0 Å². The van der Waals surface area contributed by atoms with Gasteiger partial charge in [0.05, 0.1) is 25.8 Å². The number of morpholine rings is 1. The van der Waals surface area contributed by atoms with Crippen molar-refractivity contribution in [2.75, 3.05) is 19.8 Å². The Kier molecular flexibility index (Phi) is 5.58. The Balaban J connectivity index is 0.000000461. The third-order valence-electron chi connectivity index (χ3n) is 1.50. The van der Waals surface area contributed by atoms with E-state index in [1.54, 1.807) is 4.90 Å². The fourth-order valence-electron chi connectivity index (χ4n) is 0.876. The highest BCUT2D eigenvalue weighted by atomic mass is 16.5. The minimum absolute atomic E-state index is 0.267. The fraction of sp³-hybridized carbons (Fsp3) is 0.875. The van der Waals surface area contributed by atoms with E-state index in [2.05, 4.69) is 6.19 Å². The predicted octanol–water partition coefficient (Wildman–Crippen LogP) is 1.21. The summed E-state index contributed by atoms with van der Waals surface area (Å²) in [6, 6.07) is 0.267. The van der Waals surface area contributed by atoms with E-state index >= 15 is 0 Å². The summed E-state index contributed by atoms with van der Waals surface area (Å²) in [7, 11) is 0. The first kappa shape index (κ1) is 10.2. The molecule has 0 aromatic heterocycles. The Labute approximate surface area is 68.6 Å². The highest BCUT2D eigenvalue weighted by Crippen LogP contribution is 2.02. The van der Waals surface area contributed by atoms with Gasteiger partial charge in [0.1, 0.15) is 0 Å². The van der Waals surface area contributed by atoms with Gasteiger partial charge >= 0.3 is 0 Å². The Morgan fingerprint density at radius 3 is 2.55 bits per heavy atom. The number of ether oxygens (including phenoxy) is 1. The van der Waals surface area contributed by atoms with Gasteiger partial charge in [-0.25, -0.2) is 0 Å². The molecule has 1 heterocycles. The molecule has 1 rings (SSSR count). The average molecular weight is 156 g/mol. The normalized spacial score (nSPS) is 23.1. The van der Waals surface area contributed by atoms with Crippen LogP contribution in [0.3, 0.4) is 0 Å². The van der Waals surface area contributed by atoms with Crippen molar-refractivity contribution in [3.05, 3.63) is 0 Å². The summed E-state index contributed by atoms with van der Waals surface area (Å²) >= 11 is 0. The fourth-order valence-corrected chi connectivity index (χ4v) is 0.876. The van der Waals surface area contributed by atoms with Crippen molar-refractivity contribution in [3.63, 3.8) is 0 Å². The number of rotatable bonds is 0. The first-order valence-corrected chi connectivity index (χ1v) is 4.08. The Hall–Kier alpha value is -0.750. The van der Waals surface area contributed by atoms with E-state index in [-0.39, 0.29) is 6.04 Å². The SMILES string of the molecule is CC.CC1COCCN1C#N. The molecule has 0 bridgehead atoms. The molecule has 0 N–H and O–H groups in total. The summed E-state index contributed by atoms with van der Waals surface area (Å²) in [6.07, 6.45) is 2.11. The van der Waals surface area contributed by atoms with Crippen LogP contribution < -0.4 is 0 Å². The first-order chi connectivity index (χ1) is 5.34. The van der Waals surface area contributed by atoms with Crippen LogP contribution in [0, 0.1) is 11.5 Å². The largest absolute Gasteiger partial charge is 0.377 e. The summed E-state index contributed by atoms with van der Waals surface area (Å²) in [5.41, 5.74) is 0. The monoisotopic (exact) mass is 156 g/mol. The number of nitrogens with zero attached hydrogens (tertiary/aromatic N) is 2. The van der Waals surface area contributed by atoms with Gasteiger partial charge in [-0.1, -0.05) is 13.8 Å². The summed E-state index contributed by atoms with van der Waals surface area (Å²) in [4.78, 5) is 1.74. The molecule has 1 atom stereocenters. The zero-order valence-corrected chi connectivity index (χ0v) is 7.50. The van der Waals surface area contributed by atoms with Crippen LogP contribution in [-0.4, -0.2) is 30.7 Å². The lowest BCUT2D eigenvalue weighted by atomic mass is 10.3. The van der Waals surface area contributed by atoms with Crippen LogP contribution in [-0.2, 0) is 4.74 Å². The lowest BCUT2D eigenvalue weighted by molar-refractivity contribution is 0.0272. The standard InChI is InChI=1S/C6H10N2O.C2H6/c1-6-4-9-3-2-8(6)5-7;1-2/h6H,2-4H2,1H3;1-2H3. The van der Waals surface area contributed by atoms with Gasteiger partial charge in [0.2, 0.25) is 0 Å². The molecule has 3 heteroatoms. The molecule has 0 amide bonds. The highest BCUT2D eigenvalue weighted by molar-refractivity contribution is 4.81. The molecule has 3 nitrogen and oxygen atoms in total. The molecule has 1 fully saturated rings. The van der Waals surface area contributed by atoms with Crippen LogP contribution in [0.15, 0.2) is 0 Å². The summed E-state index contributed by atoms with van der Waals surface area (Å²) in [5.74, 6) is 0. The van der Waals surface area contributed by atoms with Gasteiger partial charge in [0.25, 0.3) is 0 Å². The van der Waals surface area contributed by atoms with Gasteiger partial charge in [-0.2, -0.15) is 5.26 Å². The van der Waals surface area contributed by atoms with Crippen molar-refractivity contribution in [2.45, 2.75) is 26.8 Å².